The number of benzene rings is 2. The van der Waals surface area contributed by atoms with Crippen LogP contribution in [0.1, 0.15) is 12.8 Å². The number of tetrazole rings is 1. The van der Waals surface area contributed by atoms with E-state index in [9.17, 15) is 16.8 Å². The van der Waals surface area contributed by atoms with E-state index in [1.54, 1.807) is 12.1 Å². The van der Waals surface area contributed by atoms with Gasteiger partial charge in [-0.1, -0.05) is 29.5 Å². The standard InChI is InChI=1S/C20H23N9O4S3.CH2O2/c1-29(10-11-4-3-9-23-11)36(32,33)15-8-7-12(13-5-2-6-14-17(13)24-20(21)34-14)16(18(15)35(22,30)31)19-25-27-28-26-19;2-1-3/h2,5-8,11,23H,3-4,9-10H2,1H3,(H2,21,24)(H2,22,30,31)(H,25,26,27,28);1H,(H,2,3)/t11-;/m0./s1. The molecule has 39 heavy (non-hydrogen) atoms. The van der Waals surface area contributed by atoms with Crippen molar-refractivity contribution < 1.29 is 26.7 Å². The largest absolute Gasteiger partial charge is 0.483 e. The predicted molar refractivity (Wildman–Crippen MR) is 144 cm³/mol. The lowest BCUT2D eigenvalue weighted by atomic mass is 9.98. The third kappa shape index (κ3) is 5.75. The summed E-state index contributed by atoms with van der Waals surface area (Å²) in [5.41, 5.74) is 7.21. The van der Waals surface area contributed by atoms with Crippen LogP contribution in [0.15, 0.2) is 40.1 Å². The van der Waals surface area contributed by atoms with Crippen molar-refractivity contribution in [2.24, 2.45) is 5.14 Å². The molecule has 7 N–H and O–H groups in total. The Balaban J connectivity index is 0.00000112. The SMILES string of the molecule is CN(C[C@@H]1CCCN1)S(=O)(=O)c1ccc(-c2cccc3sc(N)nc23)c(-c2nnn[nH]2)c1S(N)(=O)=O.O=CO. The number of hydrogen-bond acceptors (Lipinski definition) is 12. The number of H-pyrrole nitrogens is 1. The third-order valence-corrected chi connectivity index (χ3v) is 9.88. The molecule has 208 valence electrons. The number of likely N-dealkylation sites (N-methyl/N-ethyl adjacent to an activating group) is 1. The molecular weight excluding hydrogens is 570 g/mol. The second-order valence-electron chi connectivity index (χ2n) is 8.50. The molecule has 15 nitrogen and oxygen atoms in total. The summed E-state index contributed by atoms with van der Waals surface area (Å²) >= 11 is 1.27. The average Bonchev–Trinajstić information content (AvgIpc) is 3.64. The van der Waals surface area contributed by atoms with E-state index >= 15 is 0 Å². The molecule has 0 spiro atoms. The van der Waals surface area contributed by atoms with Crippen LogP contribution in [0.5, 0.6) is 0 Å². The number of fused-ring (bicyclic) bond motifs is 1. The number of aromatic amines is 1. The predicted octanol–water partition coefficient (Wildman–Crippen LogP) is 0.446. The molecule has 3 heterocycles. The molecule has 0 unspecified atom stereocenters. The number of nitrogens with zero attached hydrogens (tertiary/aromatic N) is 5. The molecule has 4 aromatic rings. The van der Waals surface area contributed by atoms with Gasteiger partial charge in [-0.15, -0.1) is 5.10 Å². The number of anilines is 1. The van der Waals surface area contributed by atoms with Gasteiger partial charge < -0.3 is 16.2 Å². The second-order valence-corrected chi connectivity index (χ2v) is 13.1. The molecule has 1 aliphatic rings. The van der Waals surface area contributed by atoms with E-state index in [0.717, 1.165) is 28.4 Å². The molecule has 0 saturated carbocycles. The van der Waals surface area contributed by atoms with Crippen LogP contribution < -0.4 is 16.2 Å². The van der Waals surface area contributed by atoms with Crippen LogP contribution in [-0.4, -0.2) is 84.5 Å². The summed E-state index contributed by atoms with van der Waals surface area (Å²) in [5, 5.41) is 29.7. The van der Waals surface area contributed by atoms with E-state index in [2.05, 4.69) is 30.9 Å². The van der Waals surface area contributed by atoms with Crippen molar-refractivity contribution in [2.75, 3.05) is 25.9 Å². The lowest BCUT2D eigenvalue weighted by molar-refractivity contribution is -0.122. The van der Waals surface area contributed by atoms with Crippen molar-refractivity contribution in [2.45, 2.75) is 28.7 Å². The number of carboxylic acid groups (broad SMARTS) is 1. The monoisotopic (exact) mass is 595 g/mol. The lowest BCUT2D eigenvalue weighted by Gasteiger charge is -2.23. The number of hydrogen-bond donors (Lipinski definition) is 5. The average molecular weight is 596 g/mol. The van der Waals surface area contributed by atoms with Crippen LogP contribution in [0.2, 0.25) is 0 Å². The molecule has 0 amide bonds. The van der Waals surface area contributed by atoms with Crippen molar-refractivity contribution >= 4 is 53.2 Å². The van der Waals surface area contributed by atoms with Crippen molar-refractivity contribution in [3.05, 3.63) is 30.3 Å². The molecule has 2 aromatic carbocycles. The minimum atomic E-state index is -4.59. The fourth-order valence-electron chi connectivity index (χ4n) is 4.45. The molecule has 1 fully saturated rings. The number of para-hydroxylation sites is 1. The van der Waals surface area contributed by atoms with Crippen LogP contribution in [0.3, 0.4) is 0 Å². The fourth-order valence-corrected chi connectivity index (χ4v) is 8.00. The van der Waals surface area contributed by atoms with E-state index in [4.69, 9.17) is 20.8 Å². The Labute approximate surface area is 227 Å². The highest BCUT2D eigenvalue weighted by molar-refractivity contribution is 7.92. The molecule has 1 saturated heterocycles. The number of nitrogens with two attached hydrogens (primary N) is 2. The van der Waals surface area contributed by atoms with Crippen LogP contribution in [-0.2, 0) is 24.8 Å². The Morgan fingerprint density at radius 2 is 1.95 bits per heavy atom. The second kappa shape index (κ2) is 11.3. The van der Waals surface area contributed by atoms with Gasteiger partial charge in [-0.2, -0.15) is 4.31 Å². The van der Waals surface area contributed by atoms with Gasteiger partial charge >= 0.3 is 0 Å². The van der Waals surface area contributed by atoms with Gasteiger partial charge in [-0.3, -0.25) is 4.79 Å². The van der Waals surface area contributed by atoms with Crippen LogP contribution in [0.25, 0.3) is 32.7 Å². The van der Waals surface area contributed by atoms with Gasteiger partial charge in [-0.05, 0) is 47.5 Å². The van der Waals surface area contributed by atoms with E-state index in [1.807, 2.05) is 6.07 Å². The van der Waals surface area contributed by atoms with Gasteiger partial charge in [0.25, 0.3) is 6.47 Å². The van der Waals surface area contributed by atoms with Gasteiger partial charge in [0, 0.05) is 25.2 Å². The minimum Gasteiger partial charge on any atom is -0.483 e. The molecule has 1 aliphatic heterocycles. The number of nitrogens with one attached hydrogen (secondary N) is 2. The Hall–Kier alpha value is -3.55. The summed E-state index contributed by atoms with van der Waals surface area (Å²) in [6.45, 7) is 0.718. The third-order valence-electron chi connectivity index (χ3n) is 6.04. The first kappa shape index (κ1) is 28.5. The molecule has 0 radical (unpaired) electrons. The van der Waals surface area contributed by atoms with Gasteiger partial charge in [-0.25, -0.2) is 32.1 Å². The first-order chi connectivity index (χ1) is 18.5. The van der Waals surface area contributed by atoms with Crippen molar-refractivity contribution in [3.63, 3.8) is 0 Å². The topological polar surface area (TPSA) is 240 Å². The number of nitrogen functional groups attached to an aromatic ring is 1. The molecule has 1 atom stereocenters. The first-order valence-electron chi connectivity index (χ1n) is 11.4. The summed E-state index contributed by atoms with van der Waals surface area (Å²) in [7, 11) is -7.46. The van der Waals surface area contributed by atoms with Crippen molar-refractivity contribution in [1.29, 1.82) is 0 Å². The Kier molecular flexibility index (Phi) is 8.23. The van der Waals surface area contributed by atoms with Crippen LogP contribution >= 0.6 is 11.3 Å². The zero-order chi connectivity index (χ0) is 28.4. The normalized spacial score (nSPS) is 15.8. The first-order valence-corrected chi connectivity index (χ1v) is 15.2. The van der Waals surface area contributed by atoms with E-state index in [0.29, 0.717) is 21.8 Å². The summed E-state index contributed by atoms with van der Waals surface area (Å²) in [4.78, 5) is 11.7. The summed E-state index contributed by atoms with van der Waals surface area (Å²) in [5.74, 6) is -0.0635. The molecule has 0 bridgehead atoms. The zero-order valence-electron chi connectivity index (χ0n) is 20.5. The maximum absolute atomic E-state index is 13.7. The highest BCUT2D eigenvalue weighted by atomic mass is 32.2. The number of aromatic nitrogens is 5. The van der Waals surface area contributed by atoms with E-state index in [1.165, 1.54) is 30.5 Å². The quantitative estimate of drug-likeness (QED) is 0.183. The molecule has 18 heteroatoms. The maximum Gasteiger partial charge on any atom is 0.290 e. The van der Waals surface area contributed by atoms with E-state index < -0.39 is 29.8 Å². The molecular formula is C21H25N9O6S3. The van der Waals surface area contributed by atoms with Gasteiger partial charge in [0.1, 0.15) is 9.79 Å². The van der Waals surface area contributed by atoms with Crippen LogP contribution in [0, 0.1) is 0 Å². The van der Waals surface area contributed by atoms with Crippen molar-refractivity contribution in [1.82, 2.24) is 35.2 Å². The molecule has 2 aromatic heterocycles. The minimum absolute atomic E-state index is 0.0346. The summed E-state index contributed by atoms with van der Waals surface area (Å²) in [6, 6.07) is 8.03. The number of thiazole rings is 1. The number of carbonyl (C=O) groups is 1. The lowest BCUT2D eigenvalue weighted by Crippen LogP contribution is -2.39. The van der Waals surface area contributed by atoms with Crippen LogP contribution in [0.4, 0.5) is 5.13 Å². The Morgan fingerprint density at radius 1 is 1.21 bits per heavy atom. The van der Waals surface area contributed by atoms with Gasteiger partial charge in [0.15, 0.2) is 11.0 Å². The zero-order valence-corrected chi connectivity index (χ0v) is 22.9. The van der Waals surface area contributed by atoms with E-state index in [-0.39, 0.29) is 30.4 Å². The van der Waals surface area contributed by atoms with Gasteiger partial charge in [0.05, 0.1) is 15.8 Å². The maximum atomic E-state index is 13.7. The van der Waals surface area contributed by atoms with Crippen molar-refractivity contribution in [3.8, 4) is 22.5 Å². The Morgan fingerprint density at radius 3 is 2.56 bits per heavy atom. The number of rotatable bonds is 7. The molecule has 0 aliphatic carbocycles. The molecule has 5 rings (SSSR count). The number of sulfonamides is 2. The smallest absolute Gasteiger partial charge is 0.290 e. The number of primary sulfonamides is 1. The summed E-state index contributed by atoms with van der Waals surface area (Å²) in [6.07, 6.45) is 1.75. The highest BCUT2D eigenvalue weighted by Gasteiger charge is 2.35. The Bertz CT molecular complexity index is 1700. The highest BCUT2D eigenvalue weighted by Crippen LogP contribution is 2.42. The summed E-state index contributed by atoms with van der Waals surface area (Å²) < 4.78 is 55.2. The fraction of sp³-hybridized carbons (Fsp3) is 0.286. The van der Waals surface area contributed by atoms with Gasteiger partial charge in [0.2, 0.25) is 20.0 Å².